The molecule has 0 amide bonds. The Kier molecular flexibility index (Phi) is 4.37. The van der Waals surface area contributed by atoms with Crippen molar-refractivity contribution in [3.63, 3.8) is 0 Å². The molecule has 0 aliphatic carbocycles. The lowest BCUT2D eigenvalue weighted by atomic mass is 10.2. The van der Waals surface area contributed by atoms with Crippen molar-refractivity contribution in [3.8, 4) is 0 Å². The summed E-state index contributed by atoms with van der Waals surface area (Å²) < 4.78 is 38.8. The largest absolute Gasteiger partial charge is 0.416 e. The second-order valence-corrected chi connectivity index (χ2v) is 4.80. The summed E-state index contributed by atoms with van der Waals surface area (Å²) in [7, 11) is 0. The lowest BCUT2D eigenvalue weighted by Gasteiger charge is -2.25. The average molecular weight is 289 g/mol. The summed E-state index contributed by atoms with van der Waals surface area (Å²) >= 11 is 0. The quantitative estimate of drug-likeness (QED) is 0.894. The van der Waals surface area contributed by atoms with Gasteiger partial charge in [-0.05, 0) is 31.9 Å². The molecule has 2 rings (SSSR count). The molecule has 0 aromatic carbocycles. The molecule has 0 radical (unpaired) electrons. The van der Waals surface area contributed by atoms with Crippen molar-refractivity contribution in [3.05, 3.63) is 17.7 Å². The highest BCUT2D eigenvalue weighted by molar-refractivity contribution is 5.52. The van der Waals surface area contributed by atoms with E-state index in [2.05, 4.69) is 10.3 Å². The zero-order valence-corrected chi connectivity index (χ0v) is 11.2. The molecule has 7 heteroatoms. The van der Waals surface area contributed by atoms with Gasteiger partial charge in [-0.25, -0.2) is 4.98 Å². The summed E-state index contributed by atoms with van der Waals surface area (Å²) in [5.74, 6) is 0.480. The molecule has 1 aliphatic rings. The molecule has 2 N–H and O–H groups in total. The molecule has 2 heterocycles. The Bertz CT molecular complexity index is 465. The van der Waals surface area contributed by atoms with Crippen LogP contribution in [0.25, 0.3) is 0 Å². The van der Waals surface area contributed by atoms with Crippen LogP contribution in [0.5, 0.6) is 0 Å². The number of aliphatic hydroxyl groups excluding tert-OH is 1. The van der Waals surface area contributed by atoms with Gasteiger partial charge < -0.3 is 15.3 Å². The summed E-state index contributed by atoms with van der Waals surface area (Å²) in [5.41, 5.74) is -0.720. The maximum Gasteiger partial charge on any atom is 0.416 e. The van der Waals surface area contributed by atoms with Crippen molar-refractivity contribution < 1.29 is 18.3 Å². The van der Waals surface area contributed by atoms with Crippen LogP contribution in [0.1, 0.15) is 25.3 Å². The van der Waals surface area contributed by atoms with Gasteiger partial charge in [0.15, 0.2) is 0 Å². The number of aliphatic hydroxyl groups is 1. The summed E-state index contributed by atoms with van der Waals surface area (Å²) in [6, 6.07) is 1.91. The SMILES string of the molecule is CCNc1cc(C(F)(F)F)cc(N2CCCC2CO)n1. The highest BCUT2D eigenvalue weighted by atomic mass is 19.4. The summed E-state index contributed by atoms with van der Waals surface area (Å²) in [6.45, 7) is 2.84. The van der Waals surface area contributed by atoms with Crippen molar-refractivity contribution in [2.75, 3.05) is 29.9 Å². The van der Waals surface area contributed by atoms with Gasteiger partial charge in [-0.2, -0.15) is 13.2 Å². The Hall–Kier alpha value is -1.50. The lowest BCUT2D eigenvalue weighted by molar-refractivity contribution is -0.137. The third-order valence-corrected chi connectivity index (χ3v) is 3.38. The summed E-state index contributed by atoms with van der Waals surface area (Å²) in [6.07, 6.45) is -2.79. The maximum atomic E-state index is 12.9. The number of nitrogens with one attached hydrogen (secondary N) is 1. The van der Waals surface area contributed by atoms with Crippen LogP contribution in [0.2, 0.25) is 0 Å². The molecule has 0 bridgehead atoms. The average Bonchev–Trinajstić information content (AvgIpc) is 2.86. The molecular weight excluding hydrogens is 271 g/mol. The number of rotatable bonds is 4. The molecule has 1 fully saturated rings. The minimum Gasteiger partial charge on any atom is -0.394 e. The molecule has 1 aromatic heterocycles. The molecule has 112 valence electrons. The summed E-state index contributed by atoms with van der Waals surface area (Å²) in [5, 5.41) is 12.1. The topological polar surface area (TPSA) is 48.4 Å². The van der Waals surface area contributed by atoms with Gasteiger partial charge in [0.05, 0.1) is 18.2 Å². The van der Waals surface area contributed by atoms with Gasteiger partial charge in [-0.15, -0.1) is 0 Å². The first kappa shape index (κ1) is 14.9. The maximum absolute atomic E-state index is 12.9. The first-order chi connectivity index (χ1) is 9.45. The van der Waals surface area contributed by atoms with Crippen molar-refractivity contribution in [2.45, 2.75) is 32.0 Å². The predicted molar refractivity (Wildman–Crippen MR) is 70.9 cm³/mol. The number of anilines is 2. The van der Waals surface area contributed by atoms with E-state index in [1.54, 1.807) is 11.8 Å². The Morgan fingerprint density at radius 3 is 2.80 bits per heavy atom. The van der Waals surface area contributed by atoms with E-state index >= 15 is 0 Å². The number of hydrogen-bond acceptors (Lipinski definition) is 4. The molecule has 0 saturated carbocycles. The number of alkyl halides is 3. The van der Waals surface area contributed by atoms with E-state index < -0.39 is 11.7 Å². The van der Waals surface area contributed by atoms with Crippen molar-refractivity contribution in [1.82, 2.24) is 4.98 Å². The predicted octanol–water partition coefficient (Wildman–Crippen LogP) is 2.49. The van der Waals surface area contributed by atoms with E-state index in [0.717, 1.165) is 25.0 Å². The normalized spacial score (nSPS) is 19.4. The fraction of sp³-hybridized carbons (Fsp3) is 0.615. The third kappa shape index (κ3) is 3.15. The van der Waals surface area contributed by atoms with Crippen LogP contribution in [0.3, 0.4) is 0 Å². The van der Waals surface area contributed by atoms with Crippen LogP contribution in [0.4, 0.5) is 24.8 Å². The lowest BCUT2D eigenvalue weighted by Crippen LogP contribution is -2.33. The van der Waals surface area contributed by atoms with E-state index in [0.29, 0.717) is 13.1 Å². The van der Waals surface area contributed by atoms with Crippen LogP contribution in [0.15, 0.2) is 12.1 Å². The number of hydrogen-bond donors (Lipinski definition) is 2. The first-order valence-corrected chi connectivity index (χ1v) is 6.66. The minimum absolute atomic E-state index is 0.0749. The second kappa shape index (κ2) is 5.87. The zero-order valence-electron chi connectivity index (χ0n) is 11.2. The Balaban J connectivity index is 2.38. The molecule has 1 atom stereocenters. The van der Waals surface area contributed by atoms with Crippen LogP contribution in [-0.4, -0.2) is 35.8 Å². The molecule has 20 heavy (non-hydrogen) atoms. The third-order valence-electron chi connectivity index (χ3n) is 3.38. The van der Waals surface area contributed by atoms with E-state index in [9.17, 15) is 18.3 Å². The van der Waals surface area contributed by atoms with Gasteiger partial charge in [0.25, 0.3) is 0 Å². The molecule has 1 aromatic rings. The highest BCUT2D eigenvalue weighted by Gasteiger charge is 2.33. The van der Waals surface area contributed by atoms with Gasteiger partial charge in [0.1, 0.15) is 11.6 Å². The van der Waals surface area contributed by atoms with Crippen LogP contribution < -0.4 is 10.2 Å². The van der Waals surface area contributed by atoms with Crippen LogP contribution in [-0.2, 0) is 6.18 Å². The number of aromatic nitrogens is 1. The number of pyridine rings is 1. The van der Waals surface area contributed by atoms with Gasteiger partial charge in [0.2, 0.25) is 0 Å². The van der Waals surface area contributed by atoms with Gasteiger partial charge in [-0.1, -0.05) is 0 Å². The van der Waals surface area contributed by atoms with Crippen molar-refractivity contribution >= 4 is 11.6 Å². The zero-order chi connectivity index (χ0) is 14.8. The van der Waals surface area contributed by atoms with Gasteiger partial charge >= 0.3 is 6.18 Å². The molecule has 1 unspecified atom stereocenters. The van der Waals surface area contributed by atoms with Crippen molar-refractivity contribution in [2.24, 2.45) is 0 Å². The van der Waals surface area contributed by atoms with E-state index in [1.165, 1.54) is 0 Å². The number of nitrogens with zero attached hydrogens (tertiary/aromatic N) is 2. The van der Waals surface area contributed by atoms with Crippen LogP contribution >= 0.6 is 0 Å². The van der Waals surface area contributed by atoms with E-state index in [-0.39, 0.29) is 24.3 Å². The van der Waals surface area contributed by atoms with E-state index in [4.69, 9.17) is 0 Å². The summed E-state index contributed by atoms with van der Waals surface area (Å²) in [4.78, 5) is 5.97. The number of halogens is 3. The Morgan fingerprint density at radius 2 is 2.20 bits per heavy atom. The van der Waals surface area contributed by atoms with Crippen LogP contribution in [0, 0.1) is 0 Å². The standard InChI is InChI=1S/C13H18F3N3O/c1-2-17-11-6-9(13(14,15)16)7-12(18-11)19-5-3-4-10(19)8-20/h6-7,10,20H,2-5,8H2,1H3,(H,17,18). The molecule has 1 aliphatic heterocycles. The highest BCUT2D eigenvalue weighted by Crippen LogP contribution is 2.34. The van der Waals surface area contributed by atoms with E-state index in [1.807, 2.05) is 0 Å². The first-order valence-electron chi connectivity index (χ1n) is 6.66. The fourth-order valence-electron chi connectivity index (χ4n) is 2.43. The Morgan fingerprint density at radius 1 is 1.45 bits per heavy atom. The molecule has 1 saturated heterocycles. The van der Waals surface area contributed by atoms with Crippen molar-refractivity contribution in [1.29, 1.82) is 0 Å². The van der Waals surface area contributed by atoms with Gasteiger partial charge in [-0.3, -0.25) is 0 Å². The molecule has 4 nitrogen and oxygen atoms in total. The fourth-order valence-corrected chi connectivity index (χ4v) is 2.43. The molecular formula is C13H18F3N3O. The Labute approximate surface area is 115 Å². The monoisotopic (exact) mass is 289 g/mol. The van der Waals surface area contributed by atoms with Gasteiger partial charge in [0, 0.05) is 13.1 Å². The second-order valence-electron chi connectivity index (χ2n) is 4.80. The molecule has 0 spiro atoms. The smallest absolute Gasteiger partial charge is 0.394 e. The minimum atomic E-state index is -4.41.